The van der Waals surface area contributed by atoms with E-state index in [-0.39, 0.29) is 17.7 Å². The van der Waals surface area contributed by atoms with E-state index < -0.39 is 11.6 Å². The summed E-state index contributed by atoms with van der Waals surface area (Å²) in [5.74, 6) is -1.37. The normalized spacial score (nSPS) is 29.4. The summed E-state index contributed by atoms with van der Waals surface area (Å²) < 4.78 is 0. The fourth-order valence-corrected chi connectivity index (χ4v) is 3.45. The number of hydrogen-bond acceptors (Lipinski definition) is 3. The molecule has 0 aromatic heterocycles. The second-order valence-corrected chi connectivity index (χ2v) is 6.17. The minimum Gasteiger partial charge on any atom is -0.481 e. The van der Waals surface area contributed by atoms with Crippen LogP contribution in [0.15, 0.2) is 0 Å². The molecule has 0 aliphatic heterocycles. The second-order valence-electron chi connectivity index (χ2n) is 6.17. The van der Waals surface area contributed by atoms with Crippen molar-refractivity contribution in [2.24, 2.45) is 11.8 Å². The molecule has 2 saturated carbocycles. The minimum atomic E-state index is -0.799. The van der Waals surface area contributed by atoms with E-state index in [4.69, 9.17) is 5.11 Å². The Kier molecular flexibility index (Phi) is 4.13. The zero-order valence-electron chi connectivity index (χ0n) is 11.5. The van der Waals surface area contributed by atoms with Crippen LogP contribution in [0.3, 0.4) is 0 Å². The van der Waals surface area contributed by atoms with Gasteiger partial charge in [0.1, 0.15) is 0 Å². The number of aliphatic carboxylic acids is 1. The van der Waals surface area contributed by atoms with Gasteiger partial charge in [-0.1, -0.05) is 12.8 Å². The largest absolute Gasteiger partial charge is 0.481 e. The average molecular weight is 269 g/mol. The molecular formula is C14H23NO4. The number of nitrogens with zero attached hydrogens (tertiary/aromatic N) is 1. The Balaban J connectivity index is 1.87. The number of rotatable bonds is 4. The van der Waals surface area contributed by atoms with Crippen molar-refractivity contribution in [1.29, 1.82) is 0 Å². The highest BCUT2D eigenvalue weighted by Gasteiger charge is 2.38. The van der Waals surface area contributed by atoms with Crippen LogP contribution in [0.2, 0.25) is 0 Å². The molecule has 2 atom stereocenters. The van der Waals surface area contributed by atoms with E-state index in [1.165, 1.54) is 0 Å². The maximum Gasteiger partial charge on any atom is 0.306 e. The Morgan fingerprint density at radius 3 is 2.32 bits per heavy atom. The highest BCUT2D eigenvalue weighted by atomic mass is 16.4. The monoisotopic (exact) mass is 269 g/mol. The maximum atomic E-state index is 12.3. The molecular weight excluding hydrogens is 246 g/mol. The third kappa shape index (κ3) is 3.26. The Bertz CT molecular complexity index is 362. The summed E-state index contributed by atoms with van der Waals surface area (Å²) in [6.07, 6.45) is 5.23. The Labute approximate surface area is 113 Å². The van der Waals surface area contributed by atoms with Crippen LogP contribution >= 0.6 is 0 Å². The Morgan fingerprint density at radius 1 is 1.21 bits per heavy atom. The van der Waals surface area contributed by atoms with Crippen molar-refractivity contribution in [1.82, 2.24) is 4.90 Å². The van der Waals surface area contributed by atoms with Gasteiger partial charge in [-0.15, -0.1) is 0 Å². The number of carbonyl (C=O) groups excluding carboxylic acids is 1. The van der Waals surface area contributed by atoms with Crippen LogP contribution in [0, 0.1) is 11.8 Å². The van der Waals surface area contributed by atoms with E-state index in [1.54, 1.807) is 11.9 Å². The first kappa shape index (κ1) is 14.3. The van der Waals surface area contributed by atoms with Gasteiger partial charge in [0.25, 0.3) is 0 Å². The van der Waals surface area contributed by atoms with Crippen LogP contribution < -0.4 is 0 Å². The molecule has 108 valence electrons. The maximum absolute atomic E-state index is 12.3. The number of carbonyl (C=O) groups is 2. The Morgan fingerprint density at radius 2 is 1.79 bits per heavy atom. The molecule has 0 radical (unpaired) electrons. The lowest BCUT2D eigenvalue weighted by molar-refractivity contribution is -0.142. The van der Waals surface area contributed by atoms with Gasteiger partial charge in [-0.05, 0) is 32.1 Å². The van der Waals surface area contributed by atoms with Crippen molar-refractivity contribution >= 4 is 11.9 Å². The highest BCUT2D eigenvalue weighted by molar-refractivity contribution is 5.80. The van der Waals surface area contributed by atoms with Crippen LogP contribution in [0.5, 0.6) is 0 Å². The molecule has 19 heavy (non-hydrogen) atoms. The lowest BCUT2D eigenvalue weighted by atomic mass is 9.99. The molecule has 0 spiro atoms. The van der Waals surface area contributed by atoms with Gasteiger partial charge in [0, 0.05) is 19.5 Å². The van der Waals surface area contributed by atoms with E-state index >= 15 is 0 Å². The average Bonchev–Trinajstić information content (AvgIpc) is 2.97. The third-order valence-corrected chi connectivity index (χ3v) is 4.57. The number of hydrogen-bond donors (Lipinski definition) is 2. The SMILES string of the molecule is CN(CC1(O)CCCC1)C(=O)C1CCC(C(=O)O)C1. The van der Waals surface area contributed by atoms with Gasteiger partial charge in [0.15, 0.2) is 0 Å². The van der Waals surface area contributed by atoms with Crippen molar-refractivity contribution < 1.29 is 19.8 Å². The van der Waals surface area contributed by atoms with E-state index in [9.17, 15) is 14.7 Å². The van der Waals surface area contributed by atoms with Crippen molar-refractivity contribution in [3.8, 4) is 0 Å². The summed E-state index contributed by atoms with van der Waals surface area (Å²) in [6.45, 7) is 0.375. The van der Waals surface area contributed by atoms with Gasteiger partial charge in [-0.2, -0.15) is 0 Å². The van der Waals surface area contributed by atoms with Crippen molar-refractivity contribution in [3.05, 3.63) is 0 Å². The third-order valence-electron chi connectivity index (χ3n) is 4.57. The van der Waals surface area contributed by atoms with Gasteiger partial charge in [-0.3, -0.25) is 9.59 Å². The zero-order chi connectivity index (χ0) is 14.0. The molecule has 1 amide bonds. The Hall–Kier alpha value is -1.10. The smallest absolute Gasteiger partial charge is 0.306 e. The molecule has 0 bridgehead atoms. The molecule has 2 aliphatic rings. The fraction of sp³-hybridized carbons (Fsp3) is 0.857. The molecule has 0 saturated heterocycles. The zero-order valence-corrected chi connectivity index (χ0v) is 11.5. The van der Waals surface area contributed by atoms with Crippen molar-refractivity contribution in [3.63, 3.8) is 0 Å². The summed E-state index contributed by atoms with van der Waals surface area (Å²) in [7, 11) is 1.71. The van der Waals surface area contributed by atoms with E-state index in [0.717, 1.165) is 25.7 Å². The first-order valence-corrected chi connectivity index (χ1v) is 7.11. The number of likely N-dealkylation sites (N-methyl/N-ethyl adjacent to an activating group) is 1. The lowest BCUT2D eigenvalue weighted by Crippen LogP contribution is -2.43. The quantitative estimate of drug-likeness (QED) is 0.805. The molecule has 0 aromatic carbocycles. The number of carboxylic acid groups (broad SMARTS) is 1. The van der Waals surface area contributed by atoms with Crippen molar-refractivity contribution in [2.45, 2.75) is 50.5 Å². The summed E-state index contributed by atoms with van der Waals surface area (Å²) in [5.41, 5.74) is -0.727. The van der Waals surface area contributed by atoms with Crippen LogP contribution in [-0.2, 0) is 9.59 Å². The van der Waals surface area contributed by atoms with E-state index in [2.05, 4.69) is 0 Å². The predicted molar refractivity (Wildman–Crippen MR) is 69.5 cm³/mol. The van der Waals surface area contributed by atoms with Crippen LogP contribution in [0.4, 0.5) is 0 Å². The standard InChI is InChI=1S/C14H23NO4/c1-15(9-14(19)6-2-3-7-14)12(16)10-4-5-11(8-10)13(17)18/h10-11,19H,2-9H2,1H3,(H,17,18). The molecule has 2 fully saturated rings. The van der Waals surface area contributed by atoms with Gasteiger partial charge < -0.3 is 15.1 Å². The van der Waals surface area contributed by atoms with Gasteiger partial charge in [-0.25, -0.2) is 0 Å². The molecule has 2 N–H and O–H groups in total. The summed E-state index contributed by atoms with van der Waals surface area (Å²) in [6, 6.07) is 0. The topological polar surface area (TPSA) is 77.8 Å². The molecule has 2 unspecified atom stereocenters. The molecule has 2 aliphatic carbocycles. The fourth-order valence-electron chi connectivity index (χ4n) is 3.45. The first-order valence-electron chi connectivity index (χ1n) is 7.11. The summed E-state index contributed by atoms with van der Waals surface area (Å²) in [4.78, 5) is 24.8. The van der Waals surface area contributed by atoms with E-state index in [1.807, 2.05) is 0 Å². The lowest BCUT2D eigenvalue weighted by Gasteiger charge is -2.30. The minimum absolute atomic E-state index is 0.0101. The second kappa shape index (κ2) is 5.49. The molecule has 5 heteroatoms. The van der Waals surface area contributed by atoms with Crippen LogP contribution in [0.1, 0.15) is 44.9 Å². The number of carboxylic acids is 1. The van der Waals surface area contributed by atoms with Gasteiger partial charge >= 0.3 is 5.97 Å². The summed E-state index contributed by atoms with van der Waals surface area (Å²) in [5, 5.41) is 19.3. The number of amides is 1. The highest BCUT2D eigenvalue weighted by Crippen LogP contribution is 2.34. The molecule has 0 heterocycles. The van der Waals surface area contributed by atoms with Crippen LogP contribution in [-0.4, -0.2) is 46.2 Å². The summed E-state index contributed by atoms with van der Waals surface area (Å²) >= 11 is 0. The van der Waals surface area contributed by atoms with Crippen molar-refractivity contribution in [2.75, 3.05) is 13.6 Å². The molecule has 2 rings (SSSR count). The van der Waals surface area contributed by atoms with E-state index in [0.29, 0.717) is 25.8 Å². The van der Waals surface area contributed by atoms with Crippen LogP contribution in [0.25, 0.3) is 0 Å². The molecule has 5 nitrogen and oxygen atoms in total. The van der Waals surface area contributed by atoms with Gasteiger partial charge in [0.2, 0.25) is 5.91 Å². The number of aliphatic hydroxyl groups is 1. The predicted octanol–water partition coefficient (Wildman–Crippen LogP) is 1.25. The molecule has 0 aromatic rings. The first-order chi connectivity index (χ1) is 8.91. The van der Waals surface area contributed by atoms with Gasteiger partial charge in [0.05, 0.1) is 11.5 Å².